The van der Waals surface area contributed by atoms with Crippen molar-refractivity contribution in [3.8, 4) is 0 Å². The van der Waals surface area contributed by atoms with E-state index < -0.39 is 7.75 Å². The molecule has 0 aliphatic heterocycles. The largest absolute Gasteiger partial charge is 0.405 e. The lowest BCUT2D eigenvalue weighted by atomic mass is 9.91. The van der Waals surface area contributed by atoms with Crippen LogP contribution in [0.4, 0.5) is 0 Å². The molecule has 5 nitrogen and oxygen atoms in total. The SMILES string of the molecule is CCCCCCCCCCCCOP(=O)(NCC[N+](C)(C)C)OCCC(C)CCCC(C)CCCC(C)CCCC(C)C. The molecule has 0 amide bonds. The third-order valence-corrected chi connectivity index (χ3v) is 10.6. The van der Waals surface area contributed by atoms with E-state index in [1.807, 2.05) is 0 Å². The van der Waals surface area contributed by atoms with Gasteiger partial charge in [0.25, 0.3) is 0 Å². The molecule has 0 aromatic heterocycles. The van der Waals surface area contributed by atoms with Gasteiger partial charge >= 0.3 is 7.75 Å². The van der Waals surface area contributed by atoms with E-state index in [1.54, 1.807) is 0 Å². The quantitative estimate of drug-likeness (QED) is 0.0456. The Morgan fingerprint density at radius 1 is 0.558 bits per heavy atom. The minimum atomic E-state index is -3.27. The van der Waals surface area contributed by atoms with Gasteiger partial charge in [0, 0.05) is 0 Å². The molecule has 4 unspecified atom stereocenters. The first kappa shape index (κ1) is 43.1. The highest BCUT2D eigenvalue weighted by atomic mass is 31.2. The Kier molecular flexibility index (Phi) is 27.3. The monoisotopic (exact) mass is 632 g/mol. The van der Waals surface area contributed by atoms with Crippen molar-refractivity contribution in [2.75, 3.05) is 47.4 Å². The van der Waals surface area contributed by atoms with E-state index in [0.29, 0.717) is 25.7 Å². The number of nitrogens with zero attached hydrogens (tertiary/aromatic N) is 1. The number of rotatable bonds is 32. The van der Waals surface area contributed by atoms with Crippen molar-refractivity contribution >= 4 is 7.75 Å². The fourth-order valence-corrected chi connectivity index (χ4v) is 7.08. The molecule has 0 rings (SSSR count). The van der Waals surface area contributed by atoms with E-state index >= 15 is 0 Å². The molecule has 0 aromatic carbocycles. The normalized spacial score (nSPS) is 16.0. The summed E-state index contributed by atoms with van der Waals surface area (Å²) >= 11 is 0. The van der Waals surface area contributed by atoms with Crippen molar-refractivity contribution in [3.05, 3.63) is 0 Å². The zero-order chi connectivity index (χ0) is 32.4. The van der Waals surface area contributed by atoms with Gasteiger partial charge in [0.05, 0.1) is 47.4 Å². The van der Waals surface area contributed by atoms with Crippen LogP contribution in [-0.4, -0.2) is 51.9 Å². The molecule has 260 valence electrons. The van der Waals surface area contributed by atoms with E-state index in [1.165, 1.54) is 109 Å². The summed E-state index contributed by atoms with van der Waals surface area (Å²) < 4.78 is 26.2. The molecule has 43 heavy (non-hydrogen) atoms. The predicted octanol–water partition coefficient (Wildman–Crippen LogP) is 11.8. The summed E-state index contributed by atoms with van der Waals surface area (Å²) in [6.07, 6.45) is 25.8. The lowest BCUT2D eigenvalue weighted by Crippen LogP contribution is -2.40. The van der Waals surface area contributed by atoms with Crippen LogP contribution in [0.15, 0.2) is 0 Å². The second kappa shape index (κ2) is 27.2. The minimum absolute atomic E-state index is 0.498. The van der Waals surface area contributed by atoms with E-state index in [4.69, 9.17) is 9.05 Å². The molecular formula is C37H80N2O3P+. The van der Waals surface area contributed by atoms with Crippen LogP contribution in [0.3, 0.4) is 0 Å². The predicted molar refractivity (Wildman–Crippen MR) is 191 cm³/mol. The van der Waals surface area contributed by atoms with Crippen molar-refractivity contribution in [3.63, 3.8) is 0 Å². The van der Waals surface area contributed by atoms with E-state index in [-0.39, 0.29) is 0 Å². The molecule has 4 atom stereocenters. The number of likely N-dealkylation sites (N-methyl/N-ethyl adjacent to an activating group) is 1. The molecular weight excluding hydrogens is 551 g/mol. The summed E-state index contributed by atoms with van der Waals surface area (Å²) in [7, 11) is 3.17. The van der Waals surface area contributed by atoms with Crippen LogP contribution in [0.2, 0.25) is 0 Å². The van der Waals surface area contributed by atoms with Gasteiger partial charge in [-0.05, 0) is 36.5 Å². The number of nitrogens with one attached hydrogen (secondary N) is 1. The first-order valence-electron chi connectivity index (χ1n) is 18.8. The summed E-state index contributed by atoms with van der Waals surface area (Å²) in [6, 6.07) is 0. The number of hydrogen-bond donors (Lipinski definition) is 1. The van der Waals surface area contributed by atoms with Crippen LogP contribution in [0.1, 0.15) is 170 Å². The van der Waals surface area contributed by atoms with Gasteiger partial charge in [-0.15, -0.1) is 0 Å². The molecule has 1 N–H and O–H groups in total. The summed E-state index contributed by atoms with van der Waals surface area (Å²) in [5, 5.41) is 3.16. The second-order valence-electron chi connectivity index (χ2n) is 15.6. The Hall–Kier alpha value is 0.0700. The highest BCUT2D eigenvalue weighted by Gasteiger charge is 2.25. The van der Waals surface area contributed by atoms with Gasteiger partial charge < -0.3 is 4.48 Å². The summed E-state index contributed by atoms with van der Waals surface area (Å²) in [6.45, 7) is 16.6. The van der Waals surface area contributed by atoms with Gasteiger partial charge in [0.1, 0.15) is 0 Å². The average Bonchev–Trinajstić information content (AvgIpc) is 2.91. The fraction of sp³-hybridized carbons (Fsp3) is 1.00. The standard InChI is InChI=1S/C37H80N2O3P/c1-10-11-12-13-14-15-16-17-18-19-32-41-43(40,38-30-31-39(7,8)9)42-33-29-37(6)28-22-27-36(5)26-21-25-35(4)24-20-23-34(2)3/h34-37H,10-33H2,1-9H3,(H,38,40)/q+1. The first-order chi connectivity index (χ1) is 20.4. The number of unbranched alkanes of at least 4 members (excludes halogenated alkanes) is 9. The Morgan fingerprint density at radius 2 is 0.977 bits per heavy atom. The Labute approximate surface area is 271 Å². The number of quaternary nitrogens is 1. The van der Waals surface area contributed by atoms with Crippen LogP contribution in [0.5, 0.6) is 0 Å². The lowest BCUT2D eigenvalue weighted by molar-refractivity contribution is -0.869. The third-order valence-electron chi connectivity index (χ3n) is 8.99. The molecule has 0 aromatic rings. The zero-order valence-corrected chi connectivity index (χ0v) is 31.8. The van der Waals surface area contributed by atoms with Gasteiger partial charge in [0.15, 0.2) is 0 Å². The fourth-order valence-electron chi connectivity index (χ4n) is 5.74. The van der Waals surface area contributed by atoms with Crippen LogP contribution in [-0.2, 0) is 13.6 Å². The Balaban J connectivity index is 4.21. The van der Waals surface area contributed by atoms with Gasteiger partial charge in [-0.3, -0.25) is 9.05 Å². The van der Waals surface area contributed by atoms with Crippen molar-refractivity contribution in [1.29, 1.82) is 0 Å². The summed E-state index contributed by atoms with van der Waals surface area (Å²) in [5.74, 6) is 3.11. The van der Waals surface area contributed by atoms with Crippen molar-refractivity contribution < 1.29 is 18.1 Å². The van der Waals surface area contributed by atoms with Crippen molar-refractivity contribution in [2.24, 2.45) is 23.7 Å². The van der Waals surface area contributed by atoms with Crippen LogP contribution in [0, 0.1) is 23.7 Å². The highest BCUT2D eigenvalue weighted by molar-refractivity contribution is 7.51. The molecule has 0 fully saturated rings. The zero-order valence-electron chi connectivity index (χ0n) is 30.9. The van der Waals surface area contributed by atoms with Gasteiger partial charge in [0.2, 0.25) is 0 Å². The summed E-state index contributed by atoms with van der Waals surface area (Å²) in [4.78, 5) is 0. The Bertz CT molecular complexity index is 652. The maximum absolute atomic E-state index is 13.5. The molecule has 0 spiro atoms. The Morgan fingerprint density at radius 3 is 1.44 bits per heavy atom. The minimum Gasteiger partial charge on any atom is -0.330 e. The van der Waals surface area contributed by atoms with E-state index in [0.717, 1.165) is 48.0 Å². The van der Waals surface area contributed by atoms with Crippen molar-refractivity contribution in [1.82, 2.24) is 5.09 Å². The molecule has 0 heterocycles. The summed E-state index contributed by atoms with van der Waals surface area (Å²) in [5.41, 5.74) is 0. The number of hydrogen-bond acceptors (Lipinski definition) is 3. The van der Waals surface area contributed by atoms with Gasteiger partial charge in [-0.1, -0.05) is 157 Å². The second-order valence-corrected chi connectivity index (χ2v) is 17.4. The van der Waals surface area contributed by atoms with Crippen LogP contribution >= 0.6 is 7.75 Å². The smallest absolute Gasteiger partial charge is 0.330 e. The molecule has 0 aliphatic carbocycles. The van der Waals surface area contributed by atoms with Gasteiger partial charge in [-0.25, -0.2) is 9.65 Å². The first-order valence-corrected chi connectivity index (χ1v) is 20.4. The van der Waals surface area contributed by atoms with E-state index in [2.05, 4.69) is 67.8 Å². The highest BCUT2D eigenvalue weighted by Crippen LogP contribution is 2.44. The molecule has 0 saturated carbocycles. The lowest BCUT2D eigenvalue weighted by Gasteiger charge is -2.26. The molecule has 0 radical (unpaired) electrons. The average molecular weight is 632 g/mol. The third kappa shape index (κ3) is 30.5. The molecule has 0 saturated heterocycles. The van der Waals surface area contributed by atoms with E-state index in [9.17, 15) is 4.57 Å². The maximum Gasteiger partial charge on any atom is 0.405 e. The topological polar surface area (TPSA) is 47.6 Å². The molecule has 6 heteroatoms. The maximum atomic E-state index is 13.5. The van der Waals surface area contributed by atoms with Crippen LogP contribution in [0.25, 0.3) is 0 Å². The molecule has 0 bridgehead atoms. The molecule has 0 aliphatic rings. The van der Waals surface area contributed by atoms with Gasteiger partial charge in [-0.2, -0.15) is 0 Å². The van der Waals surface area contributed by atoms with Crippen LogP contribution < -0.4 is 5.09 Å². The van der Waals surface area contributed by atoms with Crippen molar-refractivity contribution in [2.45, 2.75) is 170 Å².